The lowest BCUT2D eigenvalue weighted by molar-refractivity contribution is -0.123. The second-order valence-electron chi connectivity index (χ2n) is 4.85. The zero-order valence-electron chi connectivity index (χ0n) is 11.5. The standard InChI is InChI=1S/C14H27NO2/c1-4-6-8-12(7-5-2)14(17)10-9-13(15)11(3)16/h12-13H,4-10,15H2,1-3H3. The molecule has 0 fully saturated rings. The van der Waals surface area contributed by atoms with Crippen LogP contribution in [0.5, 0.6) is 0 Å². The molecule has 2 atom stereocenters. The Labute approximate surface area is 105 Å². The van der Waals surface area contributed by atoms with Crippen molar-refractivity contribution in [3.05, 3.63) is 0 Å². The molecule has 0 aliphatic carbocycles. The predicted molar refractivity (Wildman–Crippen MR) is 70.8 cm³/mol. The van der Waals surface area contributed by atoms with Gasteiger partial charge in [-0.25, -0.2) is 0 Å². The maximum absolute atomic E-state index is 12.0. The van der Waals surface area contributed by atoms with Gasteiger partial charge in [0.2, 0.25) is 0 Å². The first-order valence-corrected chi connectivity index (χ1v) is 6.81. The Morgan fingerprint density at radius 2 is 1.71 bits per heavy atom. The molecule has 0 saturated carbocycles. The highest BCUT2D eigenvalue weighted by atomic mass is 16.1. The van der Waals surface area contributed by atoms with E-state index in [1.807, 2.05) is 0 Å². The second-order valence-corrected chi connectivity index (χ2v) is 4.85. The van der Waals surface area contributed by atoms with Gasteiger partial charge in [-0.15, -0.1) is 0 Å². The van der Waals surface area contributed by atoms with Crippen LogP contribution in [0.3, 0.4) is 0 Å². The molecule has 3 nitrogen and oxygen atoms in total. The van der Waals surface area contributed by atoms with Gasteiger partial charge in [0, 0.05) is 12.3 Å². The number of hydrogen-bond donors (Lipinski definition) is 1. The summed E-state index contributed by atoms with van der Waals surface area (Å²) in [6, 6.07) is -0.465. The van der Waals surface area contributed by atoms with Crippen LogP contribution in [0.2, 0.25) is 0 Å². The fourth-order valence-electron chi connectivity index (χ4n) is 1.97. The quantitative estimate of drug-likeness (QED) is 0.639. The summed E-state index contributed by atoms with van der Waals surface area (Å²) in [6.07, 6.45) is 6.18. The van der Waals surface area contributed by atoms with Crippen LogP contribution in [0, 0.1) is 5.92 Å². The summed E-state index contributed by atoms with van der Waals surface area (Å²) in [5, 5.41) is 0. The van der Waals surface area contributed by atoms with Crippen LogP contribution >= 0.6 is 0 Å². The molecule has 0 rings (SSSR count). The number of carbonyl (C=O) groups is 2. The average molecular weight is 241 g/mol. The Kier molecular flexibility index (Phi) is 8.96. The van der Waals surface area contributed by atoms with Gasteiger partial charge in [0.25, 0.3) is 0 Å². The van der Waals surface area contributed by atoms with Gasteiger partial charge in [-0.1, -0.05) is 33.1 Å². The van der Waals surface area contributed by atoms with E-state index < -0.39 is 6.04 Å². The third-order valence-electron chi connectivity index (χ3n) is 3.22. The second kappa shape index (κ2) is 9.34. The Morgan fingerprint density at radius 1 is 1.06 bits per heavy atom. The Morgan fingerprint density at radius 3 is 2.18 bits per heavy atom. The average Bonchev–Trinajstić information content (AvgIpc) is 2.30. The summed E-state index contributed by atoms with van der Waals surface area (Å²) in [6.45, 7) is 5.72. The van der Waals surface area contributed by atoms with E-state index in [1.54, 1.807) is 0 Å². The van der Waals surface area contributed by atoms with Crippen molar-refractivity contribution < 1.29 is 9.59 Å². The van der Waals surface area contributed by atoms with Gasteiger partial charge in [0.15, 0.2) is 0 Å². The van der Waals surface area contributed by atoms with Gasteiger partial charge in [-0.3, -0.25) is 9.59 Å². The van der Waals surface area contributed by atoms with E-state index in [1.165, 1.54) is 6.92 Å². The molecule has 0 spiro atoms. The monoisotopic (exact) mass is 241 g/mol. The molecule has 17 heavy (non-hydrogen) atoms. The molecule has 0 aromatic heterocycles. The predicted octanol–water partition coefficient (Wildman–Crippen LogP) is 2.86. The first-order chi connectivity index (χ1) is 8.02. The van der Waals surface area contributed by atoms with Crippen molar-refractivity contribution in [2.75, 3.05) is 0 Å². The van der Waals surface area contributed by atoms with E-state index in [0.29, 0.717) is 12.8 Å². The van der Waals surface area contributed by atoms with Crippen molar-refractivity contribution in [3.8, 4) is 0 Å². The molecule has 0 bridgehead atoms. The molecule has 0 radical (unpaired) electrons. The third-order valence-corrected chi connectivity index (χ3v) is 3.22. The Balaban J connectivity index is 4.08. The number of carbonyl (C=O) groups excluding carboxylic acids is 2. The molecular formula is C14H27NO2. The van der Waals surface area contributed by atoms with Crippen molar-refractivity contribution in [3.63, 3.8) is 0 Å². The molecule has 0 aliphatic rings. The normalized spacial score (nSPS) is 14.4. The van der Waals surface area contributed by atoms with Crippen LogP contribution in [-0.2, 0) is 9.59 Å². The highest BCUT2D eigenvalue weighted by molar-refractivity contribution is 5.84. The summed E-state index contributed by atoms with van der Waals surface area (Å²) in [4.78, 5) is 23.0. The number of hydrogen-bond acceptors (Lipinski definition) is 3. The SMILES string of the molecule is CCCCC(CCC)C(=O)CCC(N)C(C)=O. The molecule has 100 valence electrons. The van der Waals surface area contributed by atoms with Crippen LogP contribution in [0.4, 0.5) is 0 Å². The van der Waals surface area contributed by atoms with Gasteiger partial charge in [-0.2, -0.15) is 0 Å². The minimum atomic E-state index is -0.465. The van der Waals surface area contributed by atoms with Crippen LogP contribution in [-0.4, -0.2) is 17.6 Å². The molecule has 3 heteroatoms. The smallest absolute Gasteiger partial charge is 0.146 e. The van der Waals surface area contributed by atoms with Crippen molar-refractivity contribution in [2.24, 2.45) is 11.7 Å². The van der Waals surface area contributed by atoms with Crippen molar-refractivity contribution >= 4 is 11.6 Å². The van der Waals surface area contributed by atoms with Crippen LogP contribution in [0.15, 0.2) is 0 Å². The van der Waals surface area contributed by atoms with E-state index in [2.05, 4.69) is 13.8 Å². The highest BCUT2D eigenvalue weighted by Gasteiger charge is 2.18. The molecule has 0 aliphatic heterocycles. The number of nitrogens with two attached hydrogens (primary N) is 1. The minimum Gasteiger partial charge on any atom is -0.322 e. The third kappa shape index (κ3) is 7.27. The van der Waals surface area contributed by atoms with Gasteiger partial charge < -0.3 is 5.73 Å². The largest absolute Gasteiger partial charge is 0.322 e. The minimum absolute atomic E-state index is 0.0293. The maximum atomic E-state index is 12.0. The fourth-order valence-corrected chi connectivity index (χ4v) is 1.97. The van der Waals surface area contributed by atoms with Gasteiger partial charge in [-0.05, 0) is 26.2 Å². The summed E-state index contributed by atoms with van der Waals surface area (Å²) in [5.41, 5.74) is 5.64. The fraction of sp³-hybridized carbons (Fsp3) is 0.857. The Bertz CT molecular complexity index is 238. The number of Topliss-reactive ketones (excluding diaryl/α,β-unsaturated/α-hetero) is 2. The van der Waals surface area contributed by atoms with Crippen molar-refractivity contribution in [1.29, 1.82) is 0 Å². The van der Waals surface area contributed by atoms with Crippen LogP contribution < -0.4 is 5.73 Å². The summed E-state index contributed by atoms with van der Waals surface area (Å²) < 4.78 is 0. The summed E-state index contributed by atoms with van der Waals surface area (Å²) in [7, 11) is 0. The van der Waals surface area contributed by atoms with Crippen LogP contribution in [0.1, 0.15) is 65.7 Å². The van der Waals surface area contributed by atoms with Crippen molar-refractivity contribution in [2.45, 2.75) is 71.8 Å². The first kappa shape index (κ1) is 16.3. The Hall–Kier alpha value is -0.700. The molecular weight excluding hydrogens is 214 g/mol. The number of rotatable bonds is 10. The van der Waals surface area contributed by atoms with Gasteiger partial charge >= 0.3 is 0 Å². The lowest BCUT2D eigenvalue weighted by Gasteiger charge is -2.15. The zero-order valence-corrected chi connectivity index (χ0v) is 11.5. The highest BCUT2D eigenvalue weighted by Crippen LogP contribution is 2.18. The van der Waals surface area contributed by atoms with E-state index >= 15 is 0 Å². The van der Waals surface area contributed by atoms with Gasteiger partial charge in [0.05, 0.1) is 6.04 Å². The topological polar surface area (TPSA) is 60.2 Å². The van der Waals surface area contributed by atoms with E-state index in [9.17, 15) is 9.59 Å². The lowest BCUT2D eigenvalue weighted by Crippen LogP contribution is -2.29. The van der Waals surface area contributed by atoms with E-state index in [0.717, 1.165) is 32.1 Å². The lowest BCUT2D eigenvalue weighted by atomic mass is 9.89. The molecule has 2 N–H and O–H groups in total. The van der Waals surface area contributed by atoms with E-state index in [4.69, 9.17) is 5.73 Å². The molecule has 0 saturated heterocycles. The summed E-state index contributed by atoms with van der Waals surface area (Å²) >= 11 is 0. The van der Waals surface area contributed by atoms with E-state index in [-0.39, 0.29) is 17.5 Å². The van der Waals surface area contributed by atoms with Gasteiger partial charge in [0.1, 0.15) is 11.6 Å². The zero-order chi connectivity index (χ0) is 13.3. The molecule has 0 aromatic carbocycles. The first-order valence-electron chi connectivity index (χ1n) is 6.81. The number of ketones is 2. The maximum Gasteiger partial charge on any atom is 0.146 e. The molecule has 0 heterocycles. The molecule has 0 aromatic rings. The summed E-state index contributed by atoms with van der Waals surface area (Å²) in [5.74, 6) is 0.439. The van der Waals surface area contributed by atoms with Crippen LogP contribution in [0.25, 0.3) is 0 Å². The molecule has 2 unspecified atom stereocenters. The molecule has 0 amide bonds. The number of unbranched alkanes of at least 4 members (excludes halogenated alkanes) is 1. The van der Waals surface area contributed by atoms with Crippen molar-refractivity contribution in [1.82, 2.24) is 0 Å².